The van der Waals surface area contributed by atoms with E-state index in [-0.39, 0.29) is 24.1 Å². The first kappa shape index (κ1) is 29.1. The molecule has 10 nitrogen and oxygen atoms in total. The quantitative estimate of drug-likeness (QED) is 0.189. The fraction of sp³-hybridized carbons (Fsp3) is 0.429. The number of likely N-dealkylation sites (tertiary alicyclic amines) is 1. The third-order valence-electron chi connectivity index (χ3n) is 9.31. The SMILES string of the molecule is CC(C)(C)OC(=O)N[C@@H]1CCC[C@H]1c1ncc(-c2ccc(-c3ccc4c(c3)CCc3[nH]c(C5CCCN5C(=O)O)nc3-4)cc2)[nH]1. The highest BCUT2D eigenvalue weighted by Gasteiger charge is 2.34. The molecule has 2 amide bonds. The number of hydrogen-bond donors (Lipinski definition) is 4. The number of aryl methyl sites for hydroxylation is 2. The highest BCUT2D eigenvalue weighted by atomic mass is 16.6. The summed E-state index contributed by atoms with van der Waals surface area (Å²) in [6.07, 6.45) is 6.94. The van der Waals surface area contributed by atoms with Crippen LogP contribution in [0.4, 0.5) is 9.59 Å². The van der Waals surface area contributed by atoms with Crippen molar-refractivity contribution in [2.75, 3.05) is 6.54 Å². The molecule has 0 bridgehead atoms. The fourth-order valence-corrected chi connectivity index (χ4v) is 7.17. The molecule has 1 saturated carbocycles. The number of carbonyl (C=O) groups is 2. The van der Waals surface area contributed by atoms with E-state index in [0.717, 1.165) is 95.9 Å². The van der Waals surface area contributed by atoms with Crippen molar-refractivity contribution in [3.63, 3.8) is 0 Å². The summed E-state index contributed by atoms with van der Waals surface area (Å²) in [5, 5.41) is 12.7. The van der Waals surface area contributed by atoms with E-state index >= 15 is 0 Å². The molecule has 1 aliphatic heterocycles. The number of benzene rings is 2. The van der Waals surface area contributed by atoms with Crippen LogP contribution in [-0.4, -0.2) is 60.3 Å². The molecule has 3 aliphatic rings. The first-order valence-corrected chi connectivity index (χ1v) is 16.0. The van der Waals surface area contributed by atoms with Crippen molar-refractivity contribution in [1.29, 1.82) is 0 Å². The van der Waals surface area contributed by atoms with Crippen molar-refractivity contribution in [3.05, 3.63) is 71.6 Å². The molecular weight excluding hydrogens is 568 g/mol. The second-order valence-electron chi connectivity index (χ2n) is 13.5. The zero-order chi connectivity index (χ0) is 31.3. The van der Waals surface area contributed by atoms with Crippen molar-refractivity contribution < 1.29 is 19.4 Å². The highest BCUT2D eigenvalue weighted by Crippen LogP contribution is 2.39. The summed E-state index contributed by atoms with van der Waals surface area (Å²) in [6, 6.07) is 14.9. The Morgan fingerprint density at radius 3 is 2.51 bits per heavy atom. The molecule has 0 spiro atoms. The average Bonchev–Trinajstić information content (AvgIpc) is 3.81. The number of hydrogen-bond acceptors (Lipinski definition) is 5. The minimum Gasteiger partial charge on any atom is -0.465 e. The smallest absolute Gasteiger partial charge is 0.407 e. The Bertz CT molecular complexity index is 1730. The van der Waals surface area contributed by atoms with Crippen LogP contribution in [0.1, 0.15) is 87.7 Å². The molecule has 45 heavy (non-hydrogen) atoms. The minimum atomic E-state index is -0.883. The zero-order valence-corrected chi connectivity index (χ0v) is 26.0. The molecule has 10 heteroatoms. The summed E-state index contributed by atoms with van der Waals surface area (Å²) in [7, 11) is 0. The number of aromatic amines is 2. The molecule has 234 valence electrons. The molecule has 2 aliphatic carbocycles. The van der Waals surface area contributed by atoms with E-state index in [9.17, 15) is 14.7 Å². The Kier molecular flexibility index (Phi) is 7.38. The highest BCUT2D eigenvalue weighted by molar-refractivity contribution is 5.76. The molecule has 2 aromatic heterocycles. The number of imidazole rings is 2. The molecule has 2 aromatic carbocycles. The van der Waals surface area contributed by atoms with Crippen LogP contribution in [0.15, 0.2) is 48.7 Å². The van der Waals surface area contributed by atoms with Gasteiger partial charge in [-0.3, -0.25) is 4.90 Å². The predicted molar refractivity (Wildman–Crippen MR) is 171 cm³/mol. The number of fused-ring (bicyclic) bond motifs is 3. The zero-order valence-electron chi connectivity index (χ0n) is 26.0. The third kappa shape index (κ3) is 5.81. The number of H-pyrrole nitrogens is 2. The van der Waals surface area contributed by atoms with E-state index in [1.165, 1.54) is 10.5 Å². The van der Waals surface area contributed by atoms with Gasteiger partial charge in [-0.05, 0) is 81.5 Å². The van der Waals surface area contributed by atoms with Crippen LogP contribution in [0.3, 0.4) is 0 Å². The van der Waals surface area contributed by atoms with Gasteiger partial charge in [0.1, 0.15) is 17.2 Å². The summed E-state index contributed by atoms with van der Waals surface area (Å²) < 4.78 is 5.48. The Labute approximate surface area is 262 Å². The molecule has 2 fully saturated rings. The van der Waals surface area contributed by atoms with Gasteiger partial charge in [-0.1, -0.05) is 48.9 Å². The van der Waals surface area contributed by atoms with Gasteiger partial charge in [0.05, 0.1) is 23.6 Å². The number of rotatable bonds is 5. The number of nitrogens with one attached hydrogen (secondary N) is 3. The van der Waals surface area contributed by atoms with Crippen LogP contribution < -0.4 is 5.32 Å². The number of carboxylic acid groups (broad SMARTS) is 1. The van der Waals surface area contributed by atoms with Gasteiger partial charge in [-0.2, -0.15) is 0 Å². The van der Waals surface area contributed by atoms with Crippen LogP contribution in [0, 0.1) is 0 Å². The number of amides is 2. The number of alkyl carbamates (subject to hydrolysis) is 1. The van der Waals surface area contributed by atoms with E-state index in [0.29, 0.717) is 6.54 Å². The summed E-state index contributed by atoms with van der Waals surface area (Å²) in [6.45, 7) is 6.16. The van der Waals surface area contributed by atoms with Gasteiger partial charge in [0, 0.05) is 29.8 Å². The second kappa shape index (κ2) is 11.4. The number of carbonyl (C=O) groups excluding carboxylic acids is 1. The maximum absolute atomic E-state index is 12.4. The number of aromatic nitrogens is 4. The maximum Gasteiger partial charge on any atom is 0.407 e. The Balaban J connectivity index is 1.05. The van der Waals surface area contributed by atoms with Crippen LogP contribution in [0.5, 0.6) is 0 Å². The largest absolute Gasteiger partial charge is 0.465 e. The van der Waals surface area contributed by atoms with Crippen molar-refractivity contribution in [1.82, 2.24) is 30.2 Å². The molecule has 7 rings (SSSR count). The van der Waals surface area contributed by atoms with Crippen LogP contribution in [0.2, 0.25) is 0 Å². The Morgan fingerprint density at radius 2 is 1.73 bits per heavy atom. The lowest BCUT2D eigenvalue weighted by atomic mass is 9.89. The van der Waals surface area contributed by atoms with Crippen LogP contribution in [0.25, 0.3) is 33.6 Å². The van der Waals surface area contributed by atoms with Crippen LogP contribution in [-0.2, 0) is 17.6 Å². The molecule has 4 aromatic rings. The number of ether oxygens (including phenoxy) is 1. The summed E-state index contributed by atoms with van der Waals surface area (Å²) in [5.74, 6) is 1.78. The maximum atomic E-state index is 12.4. The lowest BCUT2D eigenvalue weighted by Gasteiger charge is -2.24. The Morgan fingerprint density at radius 1 is 0.956 bits per heavy atom. The topological polar surface area (TPSA) is 136 Å². The monoisotopic (exact) mass is 608 g/mol. The normalized spacial score (nSPS) is 21.0. The van der Waals surface area contributed by atoms with Crippen molar-refractivity contribution >= 4 is 12.2 Å². The van der Waals surface area contributed by atoms with Crippen molar-refractivity contribution in [3.8, 4) is 33.6 Å². The van der Waals surface area contributed by atoms with Gasteiger partial charge in [-0.15, -0.1) is 0 Å². The van der Waals surface area contributed by atoms with Crippen molar-refractivity contribution in [2.45, 2.75) is 89.3 Å². The molecule has 1 unspecified atom stereocenters. The van der Waals surface area contributed by atoms with Crippen LogP contribution >= 0.6 is 0 Å². The van der Waals surface area contributed by atoms with Crippen molar-refractivity contribution in [2.24, 2.45) is 0 Å². The van der Waals surface area contributed by atoms with Gasteiger partial charge < -0.3 is 25.1 Å². The van der Waals surface area contributed by atoms with Gasteiger partial charge in [-0.25, -0.2) is 19.6 Å². The lowest BCUT2D eigenvalue weighted by molar-refractivity contribution is 0.0500. The molecule has 0 radical (unpaired) electrons. The van der Waals surface area contributed by atoms with Gasteiger partial charge in [0.15, 0.2) is 0 Å². The standard InChI is InChI=1S/C35H40N6O4/c1-35(2,3)45-33(42)39-26-7-4-6-25(26)31-36-19-28(38-31)21-11-9-20(10-12-21)22-13-15-24-23(18-22)14-16-27-30(24)40-32(37-27)29-8-5-17-41(29)34(43)44/h9-13,15,18-19,25-26,29H,4-8,14,16-17H2,1-3H3,(H,36,38)(H,37,40)(H,39,42)(H,43,44)/t25-,26-,29?/m1/s1. The van der Waals surface area contributed by atoms with Gasteiger partial charge in [0.2, 0.25) is 0 Å². The van der Waals surface area contributed by atoms with E-state index in [1.54, 1.807) is 0 Å². The molecule has 1 saturated heterocycles. The third-order valence-corrected chi connectivity index (χ3v) is 9.31. The molecule has 3 atom stereocenters. The second-order valence-corrected chi connectivity index (χ2v) is 13.5. The summed E-state index contributed by atoms with van der Waals surface area (Å²) in [5.41, 5.74) is 8.19. The minimum absolute atomic E-state index is 0.00323. The average molecular weight is 609 g/mol. The van der Waals surface area contributed by atoms with Gasteiger partial charge in [0.25, 0.3) is 0 Å². The summed E-state index contributed by atoms with van der Waals surface area (Å²) >= 11 is 0. The molecule has 3 heterocycles. The first-order chi connectivity index (χ1) is 21.6. The van der Waals surface area contributed by atoms with E-state index in [4.69, 9.17) is 14.7 Å². The van der Waals surface area contributed by atoms with E-state index < -0.39 is 11.7 Å². The predicted octanol–water partition coefficient (Wildman–Crippen LogP) is 7.21. The first-order valence-electron chi connectivity index (χ1n) is 16.0. The summed E-state index contributed by atoms with van der Waals surface area (Å²) in [4.78, 5) is 42.2. The molecular formula is C35H40N6O4. The fourth-order valence-electron chi connectivity index (χ4n) is 7.17. The van der Waals surface area contributed by atoms with E-state index in [2.05, 4.69) is 57.7 Å². The Hall–Kier alpha value is -4.60. The number of nitrogens with zero attached hydrogens (tertiary/aromatic N) is 3. The molecule has 4 N–H and O–H groups in total. The lowest BCUT2D eigenvalue weighted by Crippen LogP contribution is -2.40. The van der Waals surface area contributed by atoms with Gasteiger partial charge >= 0.3 is 12.2 Å². The van der Waals surface area contributed by atoms with E-state index in [1.807, 2.05) is 27.0 Å².